The number of methoxy groups -OCH3 is 1. The van der Waals surface area contributed by atoms with E-state index in [-0.39, 0.29) is 12.5 Å². The summed E-state index contributed by atoms with van der Waals surface area (Å²) in [6, 6.07) is 15.1. The molecule has 2 aromatic carbocycles. The molecular formula is C20H23ClN2O3. The van der Waals surface area contributed by atoms with Gasteiger partial charge in [-0.2, -0.15) is 0 Å². The van der Waals surface area contributed by atoms with Crippen LogP contribution in [0.15, 0.2) is 48.5 Å². The van der Waals surface area contributed by atoms with Crippen LogP contribution >= 0.6 is 11.6 Å². The van der Waals surface area contributed by atoms with Gasteiger partial charge in [0.2, 0.25) is 0 Å². The lowest BCUT2D eigenvalue weighted by Gasteiger charge is -2.34. The molecule has 0 radical (unpaired) electrons. The van der Waals surface area contributed by atoms with Gasteiger partial charge in [-0.25, -0.2) is 0 Å². The summed E-state index contributed by atoms with van der Waals surface area (Å²) in [6.45, 7) is 3.93. The molecule has 0 atom stereocenters. The first-order valence-corrected chi connectivity index (χ1v) is 9.04. The molecular weight excluding hydrogens is 352 g/mol. The molecule has 138 valence electrons. The van der Waals surface area contributed by atoms with Crippen LogP contribution in [0.2, 0.25) is 5.02 Å². The number of ether oxygens (including phenoxy) is 2. The van der Waals surface area contributed by atoms with Gasteiger partial charge in [-0.1, -0.05) is 29.8 Å². The number of carbonyl (C=O) groups excluding carboxylic acids is 1. The van der Waals surface area contributed by atoms with Crippen molar-refractivity contribution in [3.05, 3.63) is 59.1 Å². The van der Waals surface area contributed by atoms with Gasteiger partial charge in [0.1, 0.15) is 11.5 Å². The minimum atomic E-state index is 0.0122. The molecule has 3 rings (SSSR count). The highest BCUT2D eigenvalue weighted by Crippen LogP contribution is 2.19. The zero-order valence-corrected chi connectivity index (χ0v) is 15.6. The lowest BCUT2D eigenvalue weighted by atomic mass is 10.2. The molecule has 0 aromatic heterocycles. The van der Waals surface area contributed by atoms with E-state index in [0.29, 0.717) is 18.8 Å². The third-order valence-corrected chi connectivity index (χ3v) is 4.87. The number of rotatable bonds is 6. The summed E-state index contributed by atoms with van der Waals surface area (Å²) >= 11 is 6.23. The minimum absolute atomic E-state index is 0.0122. The molecule has 0 bridgehead atoms. The molecule has 1 aliphatic heterocycles. The number of amides is 1. The second kappa shape index (κ2) is 8.92. The van der Waals surface area contributed by atoms with Crippen molar-refractivity contribution in [1.29, 1.82) is 0 Å². The Morgan fingerprint density at radius 3 is 2.31 bits per heavy atom. The monoisotopic (exact) mass is 374 g/mol. The van der Waals surface area contributed by atoms with E-state index in [0.717, 1.165) is 36.0 Å². The van der Waals surface area contributed by atoms with Crippen molar-refractivity contribution in [2.45, 2.75) is 6.54 Å². The Kier molecular flexibility index (Phi) is 6.36. The first-order chi connectivity index (χ1) is 12.7. The summed E-state index contributed by atoms with van der Waals surface area (Å²) in [7, 11) is 1.62. The Labute approximate surface area is 159 Å². The van der Waals surface area contributed by atoms with Gasteiger partial charge in [0.15, 0.2) is 6.61 Å². The summed E-state index contributed by atoms with van der Waals surface area (Å²) in [6.07, 6.45) is 0. The number of hydrogen-bond acceptors (Lipinski definition) is 4. The Morgan fingerprint density at radius 1 is 1.00 bits per heavy atom. The van der Waals surface area contributed by atoms with Gasteiger partial charge < -0.3 is 14.4 Å². The van der Waals surface area contributed by atoms with Crippen LogP contribution in [-0.2, 0) is 11.3 Å². The van der Waals surface area contributed by atoms with Crippen molar-refractivity contribution in [2.24, 2.45) is 0 Å². The standard InChI is InChI=1S/C20H23ClN2O3/c1-25-17-6-8-18(9-7-17)26-15-20(24)23-12-10-22(11-13-23)14-16-4-2-3-5-19(16)21/h2-9H,10-15H2,1H3. The molecule has 5 nitrogen and oxygen atoms in total. The lowest BCUT2D eigenvalue weighted by molar-refractivity contribution is -0.135. The summed E-state index contributed by atoms with van der Waals surface area (Å²) in [4.78, 5) is 16.5. The molecule has 1 fully saturated rings. The van der Waals surface area contributed by atoms with E-state index in [1.165, 1.54) is 0 Å². The lowest BCUT2D eigenvalue weighted by Crippen LogP contribution is -2.49. The van der Waals surface area contributed by atoms with Crippen molar-refractivity contribution in [3.8, 4) is 11.5 Å². The number of hydrogen-bond donors (Lipinski definition) is 0. The Hall–Kier alpha value is -2.24. The van der Waals surface area contributed by atoms with Crippen molar-refractivity contribution in [1.82, 2.24) is 9.80 Å². The predicted molar refractivity (Wildman–Crippen MR) is 102 cm³/mol. The fourth-order valence-electron chi connectivity index (χ4n) is 2.93. The number of benzene rings is 2. The zero-order valence-electron chi connectivity index (χ0n) is 14.9. The maximum absolute atomic E-state index is 12.4. The van der Waals surface area contributed by atoms with Crippen LogP contribution < -0.4 is 9.47 Å². The van der Waals surface area contributed by atoms with Gasteiger partial charge in [-0.3, -0.25) is 9.69 Å². The molecule has 1 amide bonds. The van der Waals surface area contributed by atoms with E-state index >= 15 is 0 Å². The molecule has 1 saturated heterocycles. The predicted octanol–water partition coefficient (Wildman–Crippen LogP) is 3.07. The second-order valence-electron chi connectivity index (χ2n) is 6.21. The molecule has 1 heterocycles. The topological polar surface area (TPSA) is 42.0 Å². The maximum atomic E-state index is 12.4. The van der Waals surface area contributed by atoms with E-state index in [1.807, 2.05) is 41.3 Å². The van der Waals surface area contributed by atoms with Crippen LogP contribution in [0, 0.1) is 0 Å². The first kappa shape index (κ1) is 18.5. The number of nitrogens with zero attached hydrogens (tertiary/aromatic N) is 2. The van der Waals surface area contributed by atoms with Gasteiger partial charge in [-0.05, 0) is 35.9 Å². The molecule has 6 heteroatoms. The normalized spacial score (nSPS) is 14.9. The SMILES string of the molecule is COc1ccc(OCC(=O)N2CCN(Cc3ccccc3Cl)CC2)cc1. The molecule has 1 aliphatic rings. The van der Waals surface area contributed by atoms with Gasteiger partial charge >= 0.3 is 0 Å². The van der Waals surface area contributed by atoms with E-state index in [4.69, 9.17) is 21.1 Å². The highest BCUT2D eigenvalue weighted by atomic mass is 35.5. The van der Waals surface area contributed by atoms with Gasteiger partial charge in [0, 0.05) is 37.7 Å². The Balaban J connectivity index is 1.43. The van der Waals surface area contributed by atoms with Crippen LogP contribution in [0.1, 0.15) is 5.56 Å². The Morgan fingerprint density at radius 2 is 1.65 bits per heavy atom. The zero-order chi connectivity index (χ0) is 18.4. The van der Waals surface area contributed by atoms with Crippen molar-refractivity contribution >= 4 is 17.5 Å². The number of halogens is 1. The third-order valence-electron chi connectivity index (χ3n) is 4.50. The number of carbonyl (C=O) groups is 1. The quantitative estimate of drug-likeness (QED) is 0.779. The molecule has 0 N–H and O–H groups in total. The highest BCUT2D eigenvalue weighted by molar-refractivity contribution is 6.31. The smallest absolute Gasteiger partial charge is 0.260 e. The average molecular weight is 375 g/mol. The van der Waals surface area contributed by atoms with Gasteiger partial charge in [0.25, 0.3) is 5.91 Å². The summed E-state index contributed by atoms with van der Waals surface area (Å²) in [5.74, 6) is 1.44. The minimum Gasteiger partial charge on any atom is -0.497 e. The second-order valence-corrected chi connectivity index (χ2v) is 6.62. The highest BCUT2D eigenvalue weighted by Gasteiger charge is 2.21. The summed E-state index contributed by atoms with van der Waals surface area (Å²) in [5, 5.41) is 0.791. The van der Waals surface area contributed by atoms with Crippen molar-refractivity contribution in [2.75, 3.05) is 39.9 Å². The van der Waals surface area contributed by atoms with Crippen LogP contribution in [0.5, 0.6) is 11.5 Å². The van der Waals surface area contributed by atoms with Crippen LogP contribution in [0.25, 0.3) is 0 Å². The largest absolute Gasteiger partial charge is 0.497 e. The fourth-order valence-corrected chi connectivity index (χ4v) is 3.13. The van der Waals surface area contributed by atoms with E-state index in [1.54, 1.807) is 19.2 Å². The molecule has 2 aromatic rings. The summed E-state index contributed by atoms with van der Waals surface area (Å²) in [5.41, 5.74) is 1.12. The van der Waals surface area contributed by atoms with Crippen LogP contribution in [-0.4, -0.2) is 55.6 Å². The van der Waals surface area contributed by atoms with Crippen LogP contribution in [0.3, 0.4) is 0 Å². The molecule has 0 aliphatic carbocycles. The number of piperazine rings is 1. The molecule has 0 unspecified atom stereocenters. The fraction of sp³-hybridized carbons (Fsp3) is 0.350. The third kappa shape index (κ3) is 4.90. The van der Waals surface area contributed by atoms with Gasteiger partial charge in [-0.15, -0.1) is 0 Å². The van der Waals surface area contributed by atoms with Crippen molar-refractivity contribution < 1.29 is 14.3 Å². The summed E-state index contributed by atoms with van der Waals surface area (Å²) < 4.78 is 10.7. The Bertz CT molecular complexity index is 728. The average Bonchev–Trinajstić information content (AvgIpc) is 2.69. The van der Waals surface area contributed by atoms with E-state index in [2.05, 4.69) is 4.90 Å². The molecule has 26 heavy (non-hydrogen) atoms. The van der Waals surface area contributed by atoms with E-state index in [9.17, 15) is 4.79 Å². The first-order valence-electron chi connectivity index (χ1n) is 8.66. The molecule has 0 saturated carbocycles. The maximum Gasteiger partial charge on any atom is 0.260 e. The van der Waals surface area contributed by atoms with Gasteiger partial charge in [0.05, 0.1) is 7.11 Å². The van der Waals surface area contributed by atoms with E-state index < -0.39 is 0 Å². The van der Waals surface area contributed by atoms with Crippen molar-refractivity contribution in [3.63, 3.8) is 0 Å². The molecule has 0 spiro atoms. The van der Waals surface area contributed by atoms with Crippen LogP contribution in [0.4, 0.5) is 0 Å².